The smallest absolute Gasteiger partial charge is 0.141 e. The summed E-state index contributed by atoms with van der Waals surface area (Å²) in [6, 6.07) is 12.4. The van der Waals surface area contributed by atoms with Crippen molar-refractivity contribution in [1.82, 2.24) is 0 Å². The van der Waals surface area contributed by atoms with Gasteiger partial charge in [0.25, 0.3) is 0 Å². The van der Waals surface area contributed by atoms with Gasteiger partial charge < -0.3 is 0 Å². The van der Waals surface area contributed by atoms with Crippen LogP contribution in [0.4, 0.5) is 0 Å². The van der Waals surface area contributed by atoms with Crippen LogP contribution in [0, 0.1) is 0 Å². The van der Waals surface area contributed by atoms with E-state index >= 15 is 0 Å². The maximum atomic E-state index is 11.6. The average Bonchev–Trinajstić information content (AvgIpc) is 2.30. The Morgan fingerprint density at radius 3 is 2.62 bits per heavy atom. The van der Waals surface area contributed by atoms with Crippen LogP contribution in [-0.4, -0.2) is 5.78 Å². The molecule has 1 aliphatic carbocycles. The van der Waals surface area contributed by atoms with Gasteiger partial charge in [0.15, 0.2) is 0 Å². The molecule has 78 valence electrons. The molecular weight excluding hydrogens is 196 g/mol. The van der Waals surface area contributed by atoms with Gasteiger partial charge in [-0.2, -0.15) is 0 Å². The van der Waals surface area contributed by atoms with E-state index in [1.807, 2.05) is 12.1 Å². The molecule has 1 nitrogen and oxygen atoms in total. The molecule has 2 aromatic rings. The molecule has 0 amide bonds. The van der Waals surface area contributed by atoms with Crippen molar-refractivity contribution in [3.05, 3.63) is 53.6 Å². The summed E-state index contributed by atoms with van der Waals surface area (Å²) in [5.74, 6) is 0.136. The van der Waals surface area contributed by atoms with E-state index in [0.29, 0.717) is 0 Å². The highest BCUT2D eigenvalue weighted by Gasteiger charge is 2.20. The molecule has 0 fully saturated rings. The summed E-state index contributed by atoms with van der Waals surface area (Å²) in [5.41, 5.74) is 2.36. The highest BCUT2D eigenvalue weighted by atomic mass is 16.1. The molecule has 0 spiro atoms. The minimum absolute atomic E-state index is 0.0707. The first-order valence-electron chi connectivity index (χ1n) is 5.47. The molecule has 1 unspecified atom stereocenters. The number of carbonyl (C=O) groups excluding carboxylic acids is 1. The van der Waals surface area contributed by atoms with Crippen molar-refractivity contribution in [2.24, 2.45) is 0 Å². The number of hydrogen-bond acceptors (Lipinski definition) is 1. The second-order valence-corrected chi connectivity index (χ2v) is 4.24. The van der Waals surface area contributed by atoms with E-state index in [2.05, 4.69) is 36.4 Å². The topological polar surface area (TPSA) is 17.1 Å². The lowest BCUT2D eigenvalue weighted by atomic mass is 9.84. The van der Waals surface area contributed by atoms with Gasteiger partial charge in [-0.25, -0.2) is 0 Å². The molecule has 1 heteroatoms. The normalized spacial score (nSPS) is 17.7. The van der Waals surface area contributed by atoms with Gasteiger partial charge in [0.1, 0.15) is 5.78 Å². The van der Waals surface area contributed by atoms with Gasteiger partial charge >= 0.3 is 0 Å². The fraction of sp³-hybridized carbons (Fsp3) is 0.133. The first-order valence-corrected chi connectivity index (χ1v) is 5.47. The molecule has 3 rings (SSSR count). The number of Topliss-reactive ketones (excluding diaryl/α,β-unsaturated/α-hetero) is 1. The number of carbonyl (C=O) groups is 1. The zero-order valence-electron chi connectivity index (χ0n) is 9.10. The number of ketones is 1. The van der Waals surface area contributed by atoms with Crippen molar-refractivity contribution < 1.29 is 4.79 Å². The highest BCUT2D eigenvalue weighted by molar-refractivity contribution is 6.01. The van der Waals surface area contributed by atoms with E-state index < -0.39 is 0 Å². The van der Waals surface area contributed by atoms with E-state index in [-0.39, 0.29) is 11.7 Å². The maximum absolute atomic E-state index is 11.6. The fourth-order valence-electron chi connectivity index (χ4n) is 2.46. The van der Waals surface area contributed by atoms with Crippen molar-refractivity contribution in [2.45, 2.75) is 12.8 Å². The number of benzene rings is 2. The van der Waals surface area contributed by atoms with Crippen molar-refractivity contribution in [2.75, 3.05) is 0 Å². The quantitative estimate of drug-likeness (QED) is 0.700. The van der Waals surface area contributed by atoms with Crippen LogP contribution in [0.5, 0.6) is 0 Å². The van der Waals surface area contributed by atoms with Gasteiger partial charge in [-0.15, -0.1) is 0 Å². The maximum Gasteiger partial charge on any atom is 0.141 e. The Morgan fingerprint density at radius 1 is 1.12 bits per heavy atom. The van der Waals surface area contributed by atoms with E-state index in [1.165, 1.54) is 16.3 Å². The molecule has 0 bridgehead atoms. The van der Waals surface area contributed by atoms with E-state index in [9.17, 15) is 4.79 Å². The third-order valence-electron chi connectivity index (χ3n) is 3.21. The van der Waals surface area contributed by atoms with Gasteiger partial charge in [-0.3, -0.25) is 4.79 Å². The number of hydrogen-bond donors (Lipinski definition) is 0. The summed E-state index contributed by atoms with van der Waals surface area (Å²) in [4.78, 5) is 11.6. The van der Waals surface area contributed by atoms with Crippen molar-refractivity contribution in [3.8, 4) is 0 Å². The highest BCUT2D eigenvalue weighted by Crippen LogP contribution is 2.34. The molecule has 0 saturated carbocycles. The number of rotatable bonds is 1. The van der Waals surface area contributed by atoms with Crippen LogP contribution < -0.4 is 0 Å². The van der Waals surface area contributed by atoms with Crippen molar-refractivity contribution in [3.63, 3.8) is 0 Å². The van der Waals surface area contributed by atoms with Crippen LogP contribution in [0.25, 0.3) is 16.8 Å². The Hall–Kier alpha value is -1.89. The third-order valence-corrected chi connectivity index (χ3v) is 3.21. The first kappa shape index (κ1) is 9.34. The summed E-state index contributed by atoms with van der Waals surface area (Å²) >= 11 is 0. The minimum atomic E-state index is -0.0707. The van der Waals surface area contributed by atoms with Crippen LogP contribution >= 0.6 is 0 Å². The predicted molar refractivity (Wildman–Crippen MR) is 66.4 cm³/mol. The molecule has 0 aromatic heterocycles. The van der Waals surface area contributed by atoms with Crippen LogP contribution in [0.3, 0.4) is 0 Å². The summed E-state index contributed by atoms with van der Waals surface area (Å²) in [7, 11) is 0. The Kier molecular flexibility index (Phi) is 1.93. The number of allylic oxidation sites excluding steroid dienone is 1. The van der Waals surface area contributed by atoms with Crippen molar-refractivity contribution in [1.29, 1.82) is 0 Å². The molecule has 1 aliphatic rings. The van der Waals surface area contributed by atoms with Gasteiger partial charge in [0.2, 0.25) is 0 Å². The molecule has 0 aliphatic heterocycles. The average molecular weight is 208 g/mol. The second-order valence-electron chi connectivity index (χ2n) is 4.24. The predicted octanol–water partition coefficient (Wildman–Crippen LogP) is 3.54. The molecule has 1 atom stereocenters. The van der Waals surface area contributed by atoms with Crippen LogP contribution in [0.15, 0.2) is 42.5 Å². The zero-order valence-corrected chi connectivity index (χ0v) is 9.10. The Labute approximate surface area is 94.4 Å². The van der Waals surface area contributed by atoms with E-state index in [0.717, 1.165) is 5.56 Å². The van der Waals surface area contributed by atoms with Gasteiger partial charge in [0.05, 0.1) is 5.92 Å². The van der Waals surface area contributed by atoms with Gasteiger partial charge in [-0.1, -0.05) is 48.6 Å². The van der Waals surface area contributed by atoms with Crippen LogP contribution in [-0.2, 0) is 4.79 Å². The van der Waals surface area contributed by atoms with E-state index in [1.54, 1.807) is 6.92 Å². The molecule has 0 N–H and O–H groups in total. The third kappa shape index (κ3) is 1.21. The van der Waals surface area contributed by atoms with Gasteiger partial charge in [0, 0.05) is 0 Å². The largest absolute Gasteiger partial charge is 0.299 e. The fourth-order valence-corrected chi connectivity index (χ4v) is 2.46. The van der Waals surface area contributed by atoms with Crippen LogP contribution in [0.1, 0.15) is 24.0 Å². The monoisotopic (exact) mass is 208 g/mol. The minimum Gasteiger partial charge on any atom is -0.299 e. The Bertz CT molecular complexity index is 603. The molecule has 2 aromatic carbocycles. The molecule has 0 heterocycles. The lowest BCUT2D eigenvalue weighted by molar-refractivity contribution is -0.117. The lowest BCUT2D eigenvalue weighted by Gasteiger charge is -2.18. The summed E-state index contributed by atoms with van der Waals surface area (Å²) in [6.45, 7) is 1.65. The molecule has 0 saturated heterocycles. The zero-order chi connectivity index (χ0) is 11.1. The molecular formula is C15H12O. The summed E-state index contributed by atoms with van der Waals surface area (Å²) in [5, 5.41) is 2.44. The summed E-state index contributed by atoms with van der Waals surface area (Å²) in [6.07, 6.45) is 4.06. The van der Waals surface area contributed by atoms with Gasteiger partial charge in [-0.05, 0) is 28.8 Å². The molecule has 16 heavy (non-hydrogen) atoms. The lowest BCUT2D eigenvalue weighted by Crippen LogP contribution is -2.09. The van der Waals surface area contributed by atoms with Crippen LogP contribution in [0.2, 0.25) is 0 Å². The molecule has 0 radical (unpaired) electrons. The SMILES string of the molecule is CC(=O)C1C=Cc2cccc3cccc1c23. The summed E-state index contributed by atoms with van der Waals surface area (Å²) < 4.78 is 0. The standard InChI is InChI=1S/C15H12O/c1-10(16)13-9-8-12-5-2-4-11-6-3-7-14(13)15(11)12/h2-9,13H,1H3. The van der Waals surface area contributed by atoms with E-state index in [4.69, 9.17) is 0 Å². The first-order chi connectivity index (χ1) is 7.77. The Morgan fingerprint density at radius 2 is 1.88 bits per heavy atom. The van der Waals surface area contributed by atoms with Crippen molar-refractivity contribution >= 4 is 22.6 Å². The second kappa shape index (κ2) is 3.31. The Balaban J connectivity index is 2.40.